The summed E-state index contributed by atoms with van der Waals surface area (Å²) in [5, 5.41) is 3.01. The molecule has 20 heavy (non-hydrogen) atoms. The first-order valence-electron chi connectivity index (χ1n) is 6.06. The Morgan fingerprint density at radius 1 is 1.20 bits per heavy atom. The van der Waals surface area contributed by atoms with Gasteiger partial charge >= 0.3 is 0 Å². The Bertz CT molecular complexity index is 699. The molecule has 5 nitrogen and oxygen atoms in total. The van der Waals surface area contributed by atoms with Crippen molar-refractivity contribution in [2.24, 2.45) is 0 Å². The highest BCUT2D eigenvalue weighted by atomic mass is 32.2. The standard InChI is InChI=1S/C14H16N2O3S/c1-15-10-11-8-13(6-7-16-11)19-12-4-3-5-14(9-12)20(2,17)18/h3-9,15H,10H2,1-2H3. The van der Waals surface area contributed by atoms with E-state index in [1.54, 1.807) is 30.5 Å². The summed E-state index contributed by atoms with van der Waals surface area (Å²) >= 11 is 0. The van der Waals surface area contributed by atoms with Crippen LogP contribution >= 0.6 is 0 Å². The lowest BCUT2D eigenvalue weighted by molar-refractivity contribution is 0.478. The molecule has 0 atom stereocenters. The van der Waals surface area contributed by atoms with E-state index in [9.17, 15) is 8.42 Å². The summed E-state index contributed by atoms with van der Waals surface area (Å²) in [5.74, 6) is 1.10. The third kappa shape index (κ3) is 3.79. The molecule has 0 spiro atoms. The fourth-order valence-corrected chi connectivity index (χ4v) is 2.36. The van der Waals surface area contributed by atoms with Gasteiger partial charge in [-0.1, -0.05) is 6.07 Å². The first-order valence-corrected chi connectivity index (χ1v) is 7.96. The topological polar surface area (TPSA) is 68.3 Å². The second kappa shape index (κ2) is 6.02. The van der Waals surface area contributed by atoms with Crippen molar-refractivity contribution in [3.05, 3.63) is 48.3 Å². The highest BCUT2D eigenvalue weighted by molar-refractivity contribution is 7.90. The summed E-state index contributed by atoms with van der Waals surface area (Å²) in [6, 6.07) is 9.96. The van der Waals surface area contributed by atoms with Crippen molar-refractivity contribution < 1.29 is 13.2 Å². The van der Waals surface area contributed by atoms with Gasteiger partial charge in [0.2, 0.25) is 0 Å². The van der Waals surface area contributed by atoms with Gasteiger partial charge in [-0.3, -0.25) is 4.98 Å². The zero-order chi connectivity index (χ0) is 14.6. The number of rotatable bonds is 5. The van der Waals surface area contributed by atoms with E-state index in [0.29, 0.717) is 18.0 Å². The fraction of sp³-hybridized carbons (Fsp3) is 0.214. The van der Waals surface area contributed by atoms with E-state index in [1.807, 2.05) is 13.1 Å². The number of nitrogens with one attached hydrogen (secondary N) is 1. The van der Waals surface area contributed by atoms with Gasteiger partial charge in [0.25, 0.3) is 0 Å². The molecule has 0 aliphatic carbocycles. The number of aromatic nitrogens is 1. The van der Waals surface area contributed by atoms with E-state index in [0.717, 1.165) is 5.69 Å². The van der Waals surface area contributed by atoms with Gasteiger partial charge in [-0.05, 0) is 31.3 Å². The van der Waals surface area contributed by atoms with Crippen LogP contribution in [0.25, 0.3) is 0 Å². The maximum Gasteiger partial charge on any atom is 0.175 e. The molecule has 1 N–H and O–H groups in total. The van der Waals surface area contributed by atoms with Crippen LogP contribution in [0.3, 0.4) is 0 Å². The first kappa shape index (κ1) is 14.5. The molecular weight excluding hydrogens is 276 g/mol. The molecule has 2 rings (SSSR count). The normalized spacial score (nSPS) is 11.3. The summed E-state index contributed by atoms with van der Waals surface area (Å²) in [6.07, 6.45) is 2.83. The van der Waals surface area contributed by atoms with E-state index in [-0.39, 0.29) is 4.90 Å². The number of ether oxygens (including phenoxy) is 1. The molecule has 106 valence electrons. The summed E-state index contributed by atoms with van der Waals surface area (Å²) < 4.78 is 28.7. The van der Waals surface area contributed by atoms with E-state index in [1.165, 1.54) is 12.3 Å². The smallest absolute Gasteiger partial charge is 0.175 e. The summed E-state index contributed by atoms with van der Waals surface area (Å²) in [4.78, 5) is 4.42. The van der Waals surface area contributed by atoms with E-state index in [4.69, 9.17) is 4.74 Å². The van der Waals surface area contributed by atoms with Crippen LogP contribution in [0, 0.1) is 0 Å². The Hall–Kier alpha value is -1.92. The third-order valence-corrected chi connectivity index (χ3v) is 3.73. The summed E-state index contributed by atoms with van der Waals surface area (Å²) in [6.45, 7) is 0.639. The van der Waals surface area contributed by atoms with Gasteiger partial charge in [0.1, 0.15) is 11.5 Å². The molecule has 1 aromatic heterocycles. The average molecular weight is 292 g/mol. The highest BCUT2D eigenvalue weighted by Gasteiger charge is 2.08. The number of sulfone groups is 1. The predicted octanol–water partition coefficient (Wildman–Crippen LogP) is 2.00. The van der Waals surface area contributed by atoms with Crippen LogP contribution in [0.1, 0.15) is 5.69 Å². The second-order valence-corrected chi connectivity index (χ2v) is 6.38. The molecule has 0 radical (unpaired) electrons. The molecule has 0 aliphatic heterocycles. The first-order chi connectivity index (χ1) is 9.49. The third-order valence-electron chi connectivity index (χ3n) is 2.62. The minimum atomic E-state index is -3.24. The molecule has 1 heterocycles. The maximum absolute atomic E-state index is 11.5. The molecule has 0 bridgehead atoms. The Morgan fingerprint density at radius 3 is 2.65 bits per heavy atom. The predicted molar refractivity (Wildman–Crippen MR) is 76.6 cm³/mol. The molecule has 0 saturated carbocycles. The fourth-order valence-electron chi connectivity index (χ4n) is 1.70. The minimum Gasteiger partial charge on any atom is -0.457 e. The molecule has 0 saturated heterocycles. The monoisotopic (exact) mass is 292 g/mol. The van der Waals surface area contributed by atoms with E-state index in [2.05, 4.69) is 10.3 Å². The van der Waals surface area contributed by atoms with Gasteiger partial charge in [0.05, 0.1) is 10.6 Å². The van der Waals surface area contributed by atoms with Gasteiger partial charge in [0.15, 0.2) is 9.84 Å². The number of hydrogen-bond acceptors (Lipinski definition) is 5. The largest absolute Gasteiger partial charge is 0.457 e. The Kier molecular flexibility index (Phi) is 4.36. The number of benzene rings is 1. The van der Waals surface area contributed by atoms with Crippen molar-refractivity contribution in [1.82, 2.24) is 10.3 Å². The Balaban J connectivity index is 2.24. The van der Waals surface area contributed by atoms with E-state index < -0.39 is 9.84 Å². The molecule has 0 fully saturated rings. The number of nitrogens with zero attached hydrogens (tertiary/aromatic N) is 1. The molecule has 2 aromatic rings. The van der Waals surface area contributed by atoms with Crippen LogP contribution in [0.5, 0.6) is 11.5 Å². The van der Waals surface area contributed by atoms with Crippen LogP contribution in [0.15, 0.2) is 47.5 Å². The van der Waals surface area contributed by atoms with Gasteiger partial charge in [-0.25, -0.2) is 8.42 Å². The number of pyridine rings is 1. The Morgan fingerprint density at radius 2 is 1.95 bits per heavy atom. The molecule has 0 amide bonds. The zero-order valence-electron chi connectivity index (χ0n) is 11.3. The van der Waals surface area contributed by atoms with Crippen molar-refractivity contribution >= 4 is 9.84 Å². The zero-order valence-corrected chi connectivity index (χ0v) is 12.1. The van der Waals surface area contributed by atoms with Gasteiger partial charge in [-0.15, -0.1) is 0 Å². The lowest BCUT2D eigenvalue weighted by Crippen LogP contribution is -2.06. The molecule has 1 aromatic carbocycles. The lowest BCUT2D eigenvalue weighted by Gasteiger charge is -2.08. The highest BCUT2D eigenvalue weighted by Crippen LogP contribution is 2.24. The van der Waals surface area contributed by atoms with Gasteiger partial charge < -0.3 is 10.1 Å². The van der Waals surface area contributed by atoms with Crippen LogP contribution in [-0.2, 0) is 16.4 Å². The van der Waals surface area contributed by atoms with Gasteiger partial charge in [-0.2, -0.15) is 0 Å². The van der Waals surface area contributed by atoms with Gasteiger partial charge in [0, 0.05) is 25.1 Å². The van der Waals surface area contributed by atoms with Crippen LogP contribution in [0.4, 0.5) is 0 Å². The maximum atomic E-state index is 11.5. The number of hydrogen-bond donors (Lipinski definition) is 1. The van der Waals surface area contributed by atoms with Crippen molar-refractivity contribution in [1.29, 1.82) is 0 Å². The second-order valence-electron chi connectivity index (χ2n) is 4.36. The van der Waals surface area contributed by atoms with Crippen molar-refractivity contribution in [2.75, 3.05) is 13.3 Å². The van der Waals surface area contributed by atoms with Crippen molar-refractivity contribution in [3.63, 3.8) is 0 Å². The van der Waals surface area contributed by atoms with Crippen LogP contribution in [0.2, 0.25) is 0 Å². The van der Waals surface area contributed by atoms with Crippen LogP contribution < -0.4 is 10.1 Å². The van der Waals surface area contributed by atoms with Crippen molar-refractivity contribution in [2.45, 2.75) is 11.4 Å². The SMILES string of the molecule is CNCc1cc(Oc2cccc(S(C)(=O)=O)c2)ccn1. The summed E-state index contributed by atoms with van der Waals surface area (Å²) in [5.41, 5.74) is 0.851. The quantitative estimate of drug-likeness (QED) is 0.913. The molecule has 0 unspecified atom stereocenters. The molecule has 6 heteroatoms. The average Bonchev–Trinajstić information content (AvgIpc) is 2.39. The Labute approximate surface area is 118 Å². The van der Waals surface area contributed by atoms with Crippen LogP contribution in [-0.4, -0.2) is 26.7 Å². The summed E-state index contributed by atoms with van der Waals surface area (Å²) in [7, 11) is -1.40. The lowest BCUT2D eigenvalue weighted by atomic mass is 10.3. The molecular formula is C14H16N2O3S. The minimum absolute atomic E-state index is 0.236. The van der Waals surface area contributed by atoms with E-state index >= 15 is 0 Å². The van der Waals surface area contributed by atoms with Crippen molar-refractivity contribution in [3.8, 4) is 11.5 Å². The molecule has 0 aliphatic rings.